The molecule has 0 fully saturated rings. The maximum atomic E-state index is 11.9. The molecule has 2 rings (SSSR count). The Bertz CT molecular complexity index is 881. The Labute approximate surface area is 169 Å². The lowest BCUT2D eigenvalue weighted by atomic mass is 10.0. The van der Waals surface area contributed by atoms with Gasteiger partial charge in [0.05, 0.1) is 12.3 Å². The summed E-state index contributed by atoms with van der Waals surface area (Å²) in [5.74, 6) is -0.445. The lowest BCUT2D eigenvalue weighted by Crippen LogP contribution is -2.21. The maximum Gasteiger partial charge on any atom is 0.330 e. The molecule has 0 bridgehead atoms. The van der Waals surface area contributed by atoms with Crippen molar-refractivity contribution < 1.29 is 19.4 Å². The van der Waals surface area contributed by atoms with Crippen molar-refractivity contribution >= 4 is 29.0 Å². The molecule has 0 radical (unpaired) electrons. The summed E-state index contributed by atoms with van der Waals surface area (Å²) in [6.45, 7) is 4.27. The van der Waals surface area contributed by atoms with Gasteiger partial charge in [0, 0.05) is 24.2 Å². The molecular formula is C21H26N4O4. The van der Waals surface area contributed by atoms with Gasteiger partial charge in [-0.2, -0.15) is 0 Å². The molecule has 0 spiro atoms. The van der Waals surface area contributed by atoms with E-state index in [0.29, 0.717) is 47.8 Å². The highest BCUT2D eigenvalue weighted by Crippen LogP contribution is 2.30. The van der Waals surface area contributed by atoms with Crippen molar-refractivity contribution in [2.24, 2.45) is 5.73 Å². The highest BCUT2D eigenvalue weighted by atomic mass is 16.5. The summed E-state index contributed by atoms with van der Waals surface area (Å²) in [5, 5.41) is 23.3. The highest BCUT2D eigenvalue weighted by molar-refractivity contribution is 5.95. The average Bonchev–Trinajstić information content (AvgIpc) is 2.67. The number of hydrogen-bond donors (Lipinski definition) is 5. The van der Waals surface area contributed by atoms with E-state index in [1.54, 1.807) is 42.5 Å². The number of nitrogens with two attached hydrogens (primary N) is 1. The van der Waals surface area contributed by atoms with Crippen LogP contribution in [0.25, 0.3) is 0 Å². The van der Waals surface area contributed by atoms with Crippen molar-refractivity contribution in [1.29, 1.82) is 5.41 Å². The third kappa shape index (κ3) is 6.24. The summed E-state index contributed by atoms with van der Waals surface area (Å²) >= 11 is 0. The van der Waals surface area contributed by atoms with Crippen LogP contribution in [0.4, 0.5) is 11.4 Å². The largest absolute Gasteiger partial charge is 0.492 e. The van der Waals surface area contributed by atoms with E-state index in [1.165, 1.54) is 6.92 Å². The van der Waals surface area contributed by atoms with E-state index in [1.807, 2.05) is 6.92 Å². The average molecular weight is 398 g/mol. The van der Waals surface area contributed by atoms with Crippen LogP contribution in [0, 0.1) is 5.41 Å². The third-order valence-electron chi connectivity index (χ3n) is 4.18. The van der Waals surface area contributed by atoms with Crippen LogP contribution in [0.1, 0.15) is 37.4 Å². The fourth-order valence-electron chi connectivity index (χ4n) is 2.72. The summed E-state index contributed by atoms with van der Waals surface area (Å²) in [4.78, 5) is 23.1. The number of carbonyl (C=O) groups excluding carboxylic acids is 1. The molecule has 0 amide bonds. The van der Waals surface area contributed by atoms with Gasteiger partial charge in [0.1, 0.15) is 17.4 Å². The highest BCUT2D eigenvalue weighted by Gasteiger charge is 2.21. The Morgan fingerprint density at radius 2 is 1.90 bits per heavy atom. The molecule has 6 N–H and O–H groups in total. The van der Waals surface area contributed by atoms with Gasteiger partial charge in [-0.25, -0.2) is 4.79 Å². The Hall–Kier alpha value is -3.55. The zero-order valence-corrected chi connectivity index (χ0v) is 16.5. The second-order valence-electron chi connectivity index (χ2n) is 6.47. The number of ketones is 1. The molecule has 0 heterocycles. The first-order valence-electron chi connectivity index (χ1n) is 9.25. The minimum atomic E-state index is -1.04. The molecule has 1 unspecified atom stereocenters. The number of carboxylic acids is 1. The third-order valence-corrected chi connectivity index (χ3v) is 4.18. The van der Waals surface area contributed by atoms with E-state index in [4.69, 9.17) is 15.9 Å². The number of aliphatic carboxylic acids is 1. The molecule has 154 valence electrons. The molecule has 8 heteroatoms. The molecule has 2 aromatic rings. The van der Waals surface area contributed by atoms with Gasteiger partial charge >= 0.3 is 5.97 Å². The SMILES string of the molecule is CCOc1ccc(C(Nc2ccc(C(=N)N)cc2)C(=O)O)cc1NCCC(C)=O. The number of anilines is 2. The van der Waals surface area contributed by atoms with Crippen LogP contribution in [0.5, 0.6) is 5.75 Å². The normalized spacial score (nSPS) is 11.4. The summed E-state index contributed by atoms with van der Waals surface area (Å²) < 4.78 is 5.60. The number of hydrogen-bond acceptors (Lipinski definition) is 6. The molecule has 29 heavy (non-hydrogen) atoms. The number of rotatable bonds is 11. The summed E-state index contributed by atoms with van der Waals surface area (Å²) in [6.07, 6.45) is 0.360. The van der Waals surface area contributed by atoms with Crippen molar-refractivity contribution in [2.45, 2.75) is 26.3 Å². The molecule has 0 aromatic heterocycles. The molecule has 2 aromatic carbocycles. The molecule has 0 aliphatic heterocycles. The van der Waals surface area contributed by atoms with E-state index in [-0.39, 0.29) is 11.6 Å². The topological polar surface area (TPSA) is 138 Å². The Balaban J connectivity index is 2.27. The van der Waals surface area contributed by atoms with E-state index in [2.05, 4.69) is 10.6 Å². The fraction of sp³-hybridized carbons (Fsp3) is 0.286. The number of Topliss-reactive ketones (excluding diaryl/α,β-unsaturated/α-hetero) is 1. The van der Waals surface area contributed by atoms with E-state index < -0.39 is 12.0 Å². The number of amidine groups is 1. The molecule has 1 atom stereocenters. The second kappa shape index (κ2) is 10.1. The summed E-state index contributed by atoms with van der Waals surface area (Å²) in [5.41, 5.74) is 7.75. The number of carbonyl (C=O) groups is 2. The number of nitrogens with one attached hydrogen (secondary N) is 3. The van der Waals surface area contributed by atoms with Gasteiger partial charge in [0.15, 0.2) is 6.04 Å². The van der Waals surface area contributed by atoms with Crippen LogP contribution in [-0.2, 0) is 9.59 Å². The quantitative estimate of drug-likeness (QED) is 0.290. The first-order valence-corrected chi connectivity index (χ1v) is 9.25. The summed E-state index contributed by atoms with van der Waals surface area (Å²) in [7, 11) is 0. The lowest BCUT2D eigenvalue weighted by Gasteiger charge is -2.19. The van der Waals surface area contributed by atoms with E-state index >= 15 is 0 Å². The Kier molecular flexibility index (Phi) is 7.59. The number of carboxylic acid groups (broad SMARTS) is 1. The standard InChI is InChI=1S/C21H26N4O4/c1-3-29-18-9-6-15(12-17(18)24-11-10-13(2)26)19(21(27)28)25-16-7-4-14(5-8-16)20(22)23/h4-9,12,19,24-25H,3,10-11H2,1-2H3,(H3,22,23)(H,27,28). The van der Waals surface area contributed by atoms with Gasteiger partial charge in [-0.1, -0.05) is 6.07 Å². The van der Waals surface area contributed by atoms with Crippen LogP contribution in [0.3, 0.4) is 0 Å². The number of nitrogen functional groups attached to an aromatic ring is 1. The van der Waals surface area contributed by atoms with E-state index in [9.17, 15) is 14.7 Å². The smallest absolute Gasteiger partial charge is 0.330 e. The summed E-state index contributed by atoms with van der Waals surface area (Å²) in [6, 6.07) is 10.8. The Morgan fingerprint density at radius 1 is 1.21 bits per heavy atom. The minimum Gasteiger partial charge on any atom is -0.492 e. The van der Waals surface area contributed by atoms with Crippen molar-refractivity contribution in [2.75, 3.05) is 23.8 Å². The first-order chi connectivity index (χ1) is 13.8. The lowest BCUT2D eigenvalue weighted by molar-refractivity contribution is -0.138. The minimum absolute atomic E-state index is 0.0564. The molecule has 0 saturated carbocycles. The van der Waals surface area contributed by atoms with Gasteiger partial charge in [0.25, 0.3) is 0 Å². The van der Waals surface area contributed by atoms with Gasteiger partial charge in [0.2, 0.25) is 0 Å². The molecule has 8 nitrogen and oxygen atoms in total. The van der Waals surface area contributed by atoms with Gasteiger partial charge < -0.3 is 26.2 Å². The van der Waals surface area contributed by atoms with Crippen molar-refractivity contribution in [1.82, 2.24) is 0 Å². The van der Waals surface area contributed by atoms with Crippen molar-refractivity contribution in [3.63, 3.8) is 0 Å². The van der Waals surface area contributed by atoms with Crippen LogP contribution in [-0.4, -0.2) is 35.8 Å². The molecular weight excluding hydrogens is 372 g/mol. The zero-order chi connectivity index (χ0) is 21.4. The number of benzene rings is 2. The predicted octanol–water partition coefficient (Wildman–Crippen LogP) is 3.00. The van der Waals surface area contributed by atoms with Crippen LogP contribution in [0.15, 0.2) is 42.5 Å². The van der Waals surface area contributed by atoms with Gasteiger partial charge in [-0.15, -0.1) is 0 Å². The predicted molar refractivity (Wildman–Crippen MR) is 113 cm³/mol. The maximum absolute atomic E-state index is 11.9. The van der Waals surface area contributed by atoms with Crippen molar-refractivity contribution in [3.05, 3.63) is 53.6 Å². The van der Waals surface area contributed by atoms with Crippen LogP contribution in [0.2, 0.25) is 0 Å². The number of ether oxygens (including phenoxy) is 1. The van der Waals surface area contributed by atoms with Crippen LogP contribution >= 0.6 is 0 Å². The molecule has 0 aliphatic carbocycles. The molecule has 0 aliphatic rings. The van der Waals surface area contributed by atoms with Gasteiger partial charge in [-0.05, 0) is 55.8 Å². The monoisotopic (exact) mass is 398 g/mol. The fourth-order valence-corrected chi connectivity index (χ4v) is 2.72. The van der Waals surface area contributed by atoms with Crippen LogP contribution < -0.4 is 21.1 Å². The second-order valence-corrected chi connectivity index (χ2v) is 6.47. The van der Waals surface area contributed by atoms with Crippen molar-refractivity contribution in [3.8, 4) is 5.75 Å². The first kappa shape index (κ1) is 21.7. The van der Waals surface area contributed by atoms with E-state index in [0.717, 1.165) is 0 Å². The molecule has 0 saturated heterocycles. The zero-order valence-electron chi connectivity index (χ0n) is 16.5. The van der Waals surface area contributed by atoms with Gasteiger partial charge in [-0.3, -0.25) is 10.2 Å². The Morgan fingerprint density at radius 3 is 2.45 bits per heavy atom.